The van der Waals surface area contributed by atoms with Crippen molar-refractivity contribution < 1.29 is 4.79 Å². The lowest BCUT2D eigenvalue weighted by Crippen LogP contribution is -2.43. The molecule has 2 N–H and O–H groups in total. The first-order chi connectivity index (χ1) is 8.99. The number of likely N-dealkylation sites (N-methyl/N-ethyl adjacent to an activating group) is 1. The summed E-state index contributed by atoms with van der Waals surface area (Å²) in [4.78, 5) is 17.5. The highest BCUT2D eigenvalue weighted by atomic mass is 16.2. The van der Waals surface area contributed by atoms with Gasteiger partial charge in [-0.1, -0.05) is 25.0 Å². The molecule has 0 spiro atoms. The number of carbonyl (C=O) groups excluding carboxylic acids is 1. The summed E-state index contributed by atoms with van der Waals surface area (Å²) in [7, 11) is 3.48. The van der Waals surface area contributed by atoms with Crippen molar-refractivity contribution in [3.05, 3.63) is 12.2 Å². The second-order valence-corrected chi connectivity index (χ2v) is 5.39. The summed E-state index contributed by atoms with van der Waals surface area (Å²) < 4.78 is 0. The van der Waals surface area contributed by atoms with Crippen LogP contribution in [0.5, 0.6) is 0 Å². The molecule has 0 aromatic rings. The lowest BCUT2D eigenvalue weighted by atomic mass is 10.2. The molecule has 0 radical (unpaired) electrons. The van der Waals surface area contributed by atoms with Crippen molar-refractivity contribution in [3.8, 4) is 0 Å². The molecule has 0 aliphatic heterocycles. The van der Waals surface area contributed by atoms with Crippen molar-refractivity contribution in [2.45, 2.75) is 38.6 Å². The summed E-state index contributed by atoms with van der Waals surface area (Å²) in [5, 5.41) is 6.60. The van der Waals surface area contributed by atoms with Crippen molar-refractivity contribution in [2.75, 3.05) is 27.2 Å². The number of amides is 1. The summed E-state index contributed by atoms with van der Waals surface area (Å²) >= 11 is 0. The molecular formula is C14H26N4O. The van der Waals surface area contributed by atoms with Crippen LogP contribution in [0.15, 0.2) is 17.1 Å². The average molecular weight is 266 g/mol. The van der Waals surface area contributed by atoms with Gasteiger partial charge in [-0.15, -0.1) is 0 Å². The van der Waals surface area contributed by atoms with Crippen molar-refractivity contribution in [1.82, 2.24) is 15.5 Å². The van der Waals surface area contributed by atoms with Gasteiger partial charge in [0.25, 0.3) is 0 Å². The fraction of sp³-hybridized carbons (Fsp3) is 0.714. The Bertz CT molecular complexity index is 343. The predicted molar refractivity (Wildman–Crippen MR) is 79.2 cm³/mol. The number of guanidine groups is 1. The fourth-order valence-corrected chi connectivity index (χ4v) is 1.94. The van der Waals surface area contributed by atoms with E-state index in [0.29, 0.717) is 18.5 Å². The largest absolute Gasteiger partial charge is 0.354 e. The van der Waals surface area contributed by atoms with Crippen molar-refractivity contribution in [1.29, 1.82) is 0 Å². The molecule has 0 unspecified atom stereocenters. The van der Waals surface area contributed by atoms with Crippen LogP contribution in [0.4, 0.5) is 0 Å². The summed E-state index contributed by atoms with van der Waals surface area (Å²) in [6.07, 6.45) is 4.88. The third-order valence-corrected chi connectivity index (χ3v) is 3.12. The molecule has 1 aliphatic carbocycles. The van der Waals surface area contributed by atoms with E-state index < -0.39 is 0 Å². The third-order valence-electron chi connectivity index (χ3n) is 3.12. The van der Waals surface area contributed by atoms with E-state index in [9.17, 15) is 4.79 Å². The molecule has 0 heterocycles. The second-order valence-electron chi connectivity index (χ2n) is 5.39. The van der Waals surface area contributed by atoms with Gasteiger partial charge in [-0.25, -0.2) is 4.99 Å². The second kappa shape index (κ2) is 7.81. The van der Waals surface area contributed by atoms with Crippen LogP contribution in [0.2, 0.25) is 0 Å². The number of hydrogen-bond acceptors (Lipinski definition) is 2. The Labute approximate surface area is 116 Å². The van der Waals surface area contributed by atoms with Gasteiger partial charge in [-0.3, -0.25) is 4.79 Å². The van der Waals surface area contributed by atoms with Gasteiger partial charge in [0.15, 0.2) is 5.96 Å². The molecule has 1 fully saturated rings. The lowest BCUT2D eigenvalue weighted by molar-refractivity contribution is -0.127. The smallest absolute Gasteiger partial charge is 0.243 e. The van der Waals surface area contributed by atoms with Crippen LogP contribution in [0.1, 0.15) is 32.6 Å². The third kappa shape index (κ3) is 6.27. The minimum Gasteiger partial charge on any atom is -0.354 e. The first-order valence-electron chi connectivity index (χ1n) is 6.88. The first-order valence-corrected chi connectivity index (χ1v) is 6.88. The molecule has 0 aromatic heterocycles. The topological polar surface area (TPSA) is 56.7 Å². The zero-order chi connectivity index (χ0) is 14.3. The van der Waals surface area contributed by atoms with Gasteiger partial charge in [0.05, 0.1) is 0 Å². The van der Waals surface area contributed by atoms with Gasteiger partial charge >= 0.3 is 0 Å². The fourth-order valence-electron chi connectivity index (χ4n) is 1.94. The molecule has 1 aliphatic rings. The van der Waals surface area contributed by atoms with E-state index in [1.54, 1.807) is 19.0 Å². The standard InChI is InChI=1S/C14H26N4O/c1-11(2)9-15-14(16-10-13(19)18(3)4)17-12-7-5-6-8-12/h12H,1,5-10H2,2-4H3,(H2,15,16,17). The number of nitrogens with zero attached hydrogens (tertiary/aromatic N) is 2. The summed E-state index contributed by atoms with van der Waals surface area (Å²) in [5.74, 6) is 0.716. The number of nitrogens with one attached hydrogen (secondary N) is 2. The summed E-state index contributed by atoms with van der Waals surface area (Å²) in [6, 6.07) is 0.478. The molecule has 5 heteroatoms. The molecule has 0 bridgehead atoms. The Morgan fingerprint density at radius 3 is 2.53 bits per heavy atom. The highest BCUT2D eigenvalue weighted by Crippen LogP contribution is 2.17. The number of rotatable bonds is 5. The van der Waals surface area contributed by atoms with Crippen LogP contribution in [0, 0.1) is 0 Å². The molecule has 1 amide bonds. The minimum atomic E-state index is 0.00264. The molecule has 0 aromatic carbocycles. The van der Waals surface area contributed by atoms with Crippen LogP contribution in [0.25, 0.3) is 0 Å². The van der Waals surface area contributed by atoms with Crippen LogP contribution in [-0.4, -0.2) is 50.0 Å². The zero-order valence-electron chi connectivity index (χ0n) is 12.3. The Balaban J connectivity index is 2.53. The average Bonchev–Trinajstić information content (AvgIpc) is 2.84. The molecule has 0 atom stereocenters. The maximum absolute atomic E-state index is 11.6. The van der Waals surface area contributed by atoms with E-state index in [0.717, 1.165) is 5.57 Å². The predicted octanol–water partition coefficient (Wildman–Crippen LogP) is 1.13. The highest BCUT2D eigenvalue weighted by Gasteiger charge is 2.16. The lowest BCUT2D eigenvalue weighted by Gasteiger charge is -2.18. The van der Waals surface area contributed by atoms with Crippen LogP contribution in [0.3, 0.4) is 0 Å². The quantitative estimate of drug-likeness (QED) is 0.445. The highest BCUT2D eigenvalue weighted by molar-refractivity contribution is 5.85. The molecule has 5 nitrogen and oxygen atoms in total. The normalized spacial score (nSPS) is 16.3. The number of aliphatic imine (C=N–C) groups is 1. The molecule has 108 valence electrons. The molecular weight excluding hydrogens is 240 g/mol. The van der Waals surface area contributed by atoms with E-state index in [-0.39, 0.29) is 12.5 Å². The van der Waals surface area contributed by atoms with E-state index >= 15 is 0 Å². The van der Waals surface area contributed by atoms with Gasteiger partial charge in [-0.2, -0.15) is 0 Å². The van der Waals surface area contributed by atoms with Crippen LogP contribution in [-0.2, 0) is 4.79 Å². The SMILES string of the molecule is C=C(C)CNC(=NCC(=O)N(C)C)NC1CCCC1. The van der Waals surface area contributed by atoms with Crippen LogP contribution < -0.4 is 10.6 Å². The summed E-state index contributed by atoms with van der Waals surface area (Å²) in [6.45, 7) is 6.67. The van der Waals surface area contributed by atoms with Gasteiger partial charge < -0.3 is 15.5 Å². The summed E-state index contributed by atoms with van der Waals surface area (Å²) in [5.41, 5.74) is 1.04. The van der Waals surface area contributed by atoms with Crippen LogP contribution >= 0.6 is 0 Å². The maximum atomic E-state index is 11.6. The zero-order valence-corrected chi connectivity index (χ0v) is 12.3. The van der Waals surface area contributed by atoms with Crippen molar-refractivity contribution in [3.63, 3.8) is 0 Å². The van der Waals surface area contributed by atoms with Gasteiger partial charge in [0.1, 0.15) is 6.54 Å². The van der Waals surface area contributed by atoms with Crippen molar-refractivity contribution >= 4 is 11.9 Å². The van der Waals surface area contributed by atoms with Gasteiger partial charge in [0.2, 0.25) is 5.91 Å². The minimum absolute atomic E-state index is 0.00264. The molecule has 0 saturated heterocycles. The van der Waals surface area contributed by atoms with Crippen molar-refractivity contribution in [2.24, 2.45) is 4.99 Å². The first kappa shape index (κ1) is 15.5. The molecule has 1 saturated carbocycles. The Morgan fingerprint density at radius 2 is 2.00 bits per heavy atom. The Morgan fingerprint density at radius 1 is 1.37 bits per heavy atom. The van der Waals surface area contributed by atoms with E-state index in [4.69, 9.17) is 0 Å². The van der Waals surface area contributed by atoms with E-state index in [1.807, 2.05) is 6.92 Å². The van der Waals surface area contributed by atoms with Gasteiger partial charge in [-0.05, 0) is 19.8 Å². The molecule has 19 heavy (non-hydrogen) atoms. The Hall–Kier alpha value is -1.52. The number of carbonyl (C=O) groups is 1. The maximum Gasteiger partial charge on any atom is 0.243 e. The Kier molecular flexibility index (Phi) is 6.39. The monoisotopic (exact) mass is 266 g/mol. The van der Waals surface area contributed by atoms with E-state index in [1.165, 1.54) is 25.7 Å². The van der Waals surface area contributed by atoms with Gasteiger partial charge in [0, 0.05) is 26.7 Å². The number of hydrogen-bond donors (Lipinski definition) is 2. The molecule has 1 rings (SSSR count). The van der Waals surface area contributed by atoms with E-state index in [2.05, 4.69) is 22.2 Å².